The molecule has 1 heterocycles. The lowest BCUT2D eigenvalue weighted by Gasteiger charge is -2.05. The van der Waals surface area contributed by atoms with Crippen LogP contribution < -0.4 is 16.2 Å². The van der Waals surface area contributed by atoms with Crippen LogP contribution in [0.5, 0.6) is 5.75 Å². The molecule has 5 N–H and O–H groups in total. The van der Waals surface area contributed by atoms with Crippen molar-refractivity contribution in [1.29, 1.82) is 0 Å². The maximum absolute atomic E-state index is 12.3. The van der Waals surface area contributed by atoms with E-state index in [1.807, 2.05) is 30.3 Å². The second-order valence-electron chi connectivity index (χ2n) is 5.85. The fourth-order valence-corrected chi connectivity index (χ4v) is 2.88. The lowest BCUT2D eigenvalue weighted by Crippen LogP contribution is -2.21. The minimum Gasteiger partial charge on any atom is -0.423 e. The Kier molecular flexibility index (Phi) is 3.78. The summed E-state index contributed by atoms with van der Waals surface area (Å²) in [5, 5.41) is 2.22. The molecule has 0 saturated heterocycles. The van der Waals surface area contributed by atoms with Crippen LogP contribution in [-0.2, 0) is 0 Å². The molecule has 6 nitrogen and oxygen atoms in total. The molecule has 0 atom stereocenters. The minimum absolute atomic E-state index is 0.0352. The number of aromatic amines is 1. The smallest absolute Gasteiger partial charge is 0.343 e. The second kappa shape index (κ2) is 6.25. The van der Waals surface area contributed by atoms with Crippen molar-refractivity contribution >= 4 is 39.4 Å². The average Bonchev–Trinajstić information content (AvgIpc) is 2.99. The van der Waals surface area contributed by atoms with Crippen LogP contribution in [0.3, 0.4) is 0 Å². The largest absolute Gasteiger partial charge is 0.423 e. The molecule has 4 rings (SSSR count). The van der Waals surface area contributed by atoms with Gasteiger partial charge >= 0.3 is 5.97 Å². The van der Waals surface area contributed by atoms with E-state index in [1.165, 1.54) is 0 Å². The summed E-state index contributed by atoms with van der Waals surface area (Å²) in [6.45, 7) is 0. The van der Waals surface area contributed by atoms with E-state index in [0.29, 0.717) is 17.0 Å². The molecular weight excluding hydrogens is 328 g/mol. The molecule has 0 aliphatic heterocycles. The van der Waals surface area contributed by atoms with Crippen molar-refractivity contribution in [1.82, 2.24) is 4.98 Å². The van der Waals surface area contributed by atoms with E-state index in [2.05, 4.69) is 16.0 Å². The van der Waals surface area contributed by atoms with Gasteiger partial charge < -0.3 is 21.2 Å². The number of benzene rings is 3. The zero-order valence-electron chi connectivity index (χ0n) is 13.8. The van der Waals surface area contributed by atoms with Gasteiger partial charge in [-0.15, -0.1) is 0 Å². The number of hydrogen-bond donors (Lipinski definition) is 3. The monoisotopic (exact) mass is 344 g/mol. The van der Waals surface area contributed by atoms with E-state index < -0.39 is 5.97 Å². The summed E-state index contributed by atoms with van der Waals surface area (Å²) in [4.78, 5) is 19.6. The molecule has 0 aliphatic rings. The molecule has 0 bridgehead atoms. The standard InChI is InChI=1S/C20H16N4O2/c21-20(22)23-13-7-5-12(6-8-13)19(25)26-14-9-10-16-15-3-1-2-4-17(15)24-18(16)11-14/h1-11,24H,(H4,21,22,23). The molecule has 0 spiro atoms. The molecule has 0 amide bonds. The second-order valence-corrected chi connectivity index (χ2v) is 5.85. The number of ether oxygens (including phenoxy) is 1. The van der Waals surface area contributed by atoms with Crippen molar-refractivity contribution < 1.29 is 9.53 Å². The van der Waals surface area contributed by atoms with Gasteiger partial charge in [-0.1, -0.05) is 18.2 Å². The number of carbonyl (C=O) groups excluding carboxylic acids is 1. The molecule has 4 aromatic rings. The minimum atomic E-state index is -0.447. The zero-order valence-corrected chi connectivity index (χ0v) is 13.8. The number of aromatic nitrogens is 1. The quantitative estimate of drug-likeness (QED) is 0.229. The number of carbonyl (C=O) groups is 1. The molecule has 0 fully saturated rings. The highest BCUT2D eigenvalue weighted by atomic mass is 16.5. The molecule has 0 unspecified atom stereocenters. The van der Waals surface area contributed by atoms with Crippen LogP contribution in [0.15, 0.2) is 71.7 Å². The fourth-order valence-electron chi connectivity index (χ4n) is 2.88. The van der Waals surface area contributed by atoms with E-state index in [-0.39, 0.29) is 5.96 Å². The molecule has 0 aliphatic carbocycles. The SMILES string of the molecule is NC(N)=Nc1ccc(C(=O)Oc2ccc3c(c2)[nH]c2ccccc23)cc1. The lowest BCUT2D eigenvalue weighted by molar-refractivity contribution is 0.0735. The van der Waals surface area contributed by atoms with Crippen LogP contribution in [0, 0.1) is 0 Å². The van der Waals surface area contributed by atoms with Gasteiger partial charge in [-0.25, -0.2) is 9.79 Å². The van der Waals surface area contributed by atoms with E-state index >= 15 is 0 Å². The van der Waals surface area contributed by atoms with Crippen LogP contribution in [0.1, 0.15) is 10.4 Å². The van der Waals surface area contributed by atoms with Gasteiger partial charge in [0, 0.05) is 22.4 Å². The molecule has 0 radical (unpaired) electrons. The maximum Gasteiger partial charge on any atom is 0.343 e. The summed E-state index contributed by atoms with van der Waals surface area (Å²) in [5.41, 5.74) is 13.6. The molecule has 26 heavy (non-hydrogen) atoms. The number of rotatable bonds is 3. The Morgan fingerprint density at radius 3 is 2.38 bits per heavy atom. The van der Waals surface area contributed by atoms with Gasteiger partial charge in [-0.3, -0.25) is 0 Å². The number of nitrogens with one attached hydrogen (secondary N) is 1. The number of hydrogen-bond acceptors (Lipinski definition) is 3. The van der Waals surface area contributed by atoms with Crippen molar-refractivity contribution in [2.24, 2.45) is 16.5 Å². The lowest BCUT2D eigenvalue weighted by atomic mass is 10.1. The van der Waals surface area contributed by atoms with Crippen LogP contribution in [0.2, 0.25) is 0 Å². The number of guanidine groups is 1. The highest BCUT2D eigenvalue weighted by Crippen LogP contribution is 2.28. The van der Waals surface area contributed by atoms with Gasteiger partial charge in [0.1, 0.15) is 5.75 Å². The number of nitrogens with zero attached hydrogens (tertiary/aromatic N) is 1. The van der Waals surface area contributed by atoms with E-state index in [9.17, 15) is 4.79 Å². The Hall–Kier alpha value is -3.80. The number of para-hydroxylation sites is 1. The summed E-state index contributed by atoms with van der Waals surface area (Å²) in [7, 11) is 0. The Balaban J connectivity index is 1.59. The predicted molar refractivity (Wildman–Crippen MR) is 103 cm³/mol. The number of nitrogens with two attached hydrogens (primary N) is 2. The van der Waals surface area contributed by atoms with Crippen molar-refractivity contribution in [3.05, 3.63) is 72.3 Å². The first kappa shape index (κ1) is 15.7. The van der Waals surface area contributed by atoms with Crippen LogP contribution in [0.4, 0.5) is 5.69 Å². The number of H-pyrrole nitrogens is 1. The molecular formula is C20H16N4O2. The summed E-state index contributed by atoms with van der Waals surface area (Å²) < 4.78 is 5.48. The topological polar surface area (TPSA) is 106 Å². The van der Waals surface area contributed by atoms with E-state index in [1.54, 1.807) is 30.3 Å². The van der Waals surface area contributed by atoms with Crippen molar-refractivity contribution in [2.75, 3.05) is 0 Å². The van der Waals surface area contributed by atoms with E-state index in [0.717, 1.165) is 21.8 Å². The fraction of sp³-hybridized carbons (Fsp3) is 0. The normalized spacial score (nSPS) is 10.8. The van der Waals surface area contributed by atoms with E-state index in [4.69, 9.17) is 16.2 Å². The molecule has 1 aromatic heterocycles. The van der Waals surface area contributed by atoms with Crippen molar-refractivity contribution in [3.8, 4) is 5.75 Å². The highest BCUT2D eigenvalue weighted by molar-refractivity contribution is 6.07. The third kappa shape index (κ3) is 2.95. The van der Waals surface area contributed by atoms with Gasteiger partial charge in [0.15, 0.2) is 5.96 Å². The Labute approximate surface area is 149 Å². The average molecular weight is 344 g/mol. The Morgan fingerprint density at radius 1 is 0.885 bits per heavy atom. The van der Waals surface area contributed by atoms with Crippen molar-refractivity contribution in [3.63, 3.8) is 0 Å². The molecule has 6 heteroatoms. The van der Waals surface area contributed by atoms with Crippen LogP contribution in [-0.4, -0.2) is 16.9 Å². The third-order valence-electron chi connectivity index (χ3n) is 4.05. The Bertz CT molecular complexity index is 1140. The summed E-state index contributed by atoms with van der Waals surface area (Å²) in [6.07, 6.45) is 0. The zero-order chi connectivity index (χ0) is 18.1. The molecule has 128 valence electrons. The van der Waals surface area contributed by atoms with Gasteiger partial charge in [-0.05, 0) is 42.5 Å². The van der Waals surface area contributed by atoms with Crippen LogP contribution in [0.25, 0.3) is 21.8 Å². The first-order valence-electron chi connectivity index (χ1n) is 8.02. The predicted octanol–water partition coefficient (Wildman–Crippen LogP) is 3.45. The summed E-state index contributed by atoms with van der Waals surface area (Å²) in [5.74, 6) is -0.00830. The number of esters is 1. The van der Waals surface area contributed by atoms with Gasteiger partial charge in [0.25, 0.3) is 0 Å². The Morgan fingerprint density at radius 2 is 1.62 bits per heavy atom. The summed E-state index contributed by atoms with van der Waals surface area (Å²) in [6, 6.07) is 20.1. The van der Waals surface area contributed by atoms with Gasteiger partial charge in [-0.2, -0.15) is 0 Å². The highest BCUT2D eigenvalue weighted by Gasteiger charge is 2.10. The van der Waals surface area contributed by atoms with Gasteiger partial charge in [0.2, 0.25) is 0 Å². The first-order valence-corrected chi connectivity index (χ1v) is 8.02. The summed E-state index contributed by atoms with van der Waals surface area (Å²) >= 11 is 0. The first-order chi connectivity index (χ1) is 12.6. The number of aliphatic imine (C=N–C) groups is 1. The maximum atomic E-state index is 12.3. The van der Waals surface area contributed by atoms with Crippen LogP contribution >= 0.6 is 0 Å². The molecule has 0 saturated carbocycles. The molecule has 3 aromatic carbocycles. The van der Waals surface area contributed by atoms with Gasteiger partial charge in [0.05, 0.1) is 16.8 Å². The third-order valence-corrected chi connectivity index (χ3v) is 4.05. The van der Waals surface area contributed by atoms with Crippen molar-refractivity contribution in [2.45, 2.75) is 0 Å². The number of fused-ring (bicyclic) bond motifs is 3.